The zero-order valence-corrected chi connectivity index (χ0v) is 26.0. The van der Waals surface area contributed by atoms with Gasteiger partial charge in [-0.25, -0.2) is 9.97 Å². The molecule has 0 amide bonds. The second-order valence-electron chi connectivity index (χ2n) is 11.2. The summed E-state index contributed by atoms with van der Waals surface area (Å²) >= 11 is 3.78. The van der Waals surface area contributed by atoms with Gasteiger partial charge in [-0.1, -0.05) is 155 Å². The molecule has 0 saturated carbocycles. The standard InChI is InChI=1S/C41H28BrN3/c42-33-22-14-21-32(27-33)41(31-19-8-3-9-20-31)34-23-10-12-25-38(34)45(39-26-13-11-24-35(39)41)40-43-36(29-15-4-1-5-16-29)28-37(44-40)30-17-6-2-7-18-30/h1-28H. The van der Waals surface area contributed by atoms with Crippen molar-refractivity contribution in [2.75, 3.05) is 4.90 Å². The highest BCUT2D eigenvalue weighted by atomic mass is 79.9. The van der Waals surface area contributed by atoms with E-state index in [1.54, 1.807) is 0 Å². The van der Waals surface area contributed by atoms with Gasteiger partial charge in [0.1, 0.15) is 0 Å². The van der Waals surface area contributed by atoms with Crippen molar-refractivity contribution in [2.24, 2.45) is 0 Å². The fourth-order valence-corrected chi connectivity index (χ4v) is 7.11. The Morgan fingerprint density at radius 3 is 1.44 bits per heavy atom. The molecule has 8 rings (SSSR count). The minimum Gasteiger partial charge on any atom is -0.278 e. The van der Waals surface area contributed by atoms with Crippen LogP contribution >= 0.6 is 15.9 Å². The van der Waals surface area contributed by atoms with Crippen LogP contribution in [0, 0.1) is 0 Å². The van der Waals surface area contributed by atoms with E-state index in [4.69, 9.17) is 9.97 Å². The average Bonchev–Trinajstić information content (AvgIpc) is 3.11. The predicted molar refractivity (Wildman–Crippen MR) is 187 cm³/mol. The van der Waals surface area contributed by atoms with Gasteiger partial charge in [-0.3, -0.25) is 4.90 Å². The van der Waals surface area contributed by atoms with Crippen LogP contribution in [0.3, 0.4) is 0 Å². The summed E-state index contributed by atoms with van der Waals surface area (Å²) in [5.74, 6) is 0.631. The Morgan fingerprint density at radius 2 is 0.911 bits per heavy atom. The maximum Gasteiger partial charge on any atom is 0.235 e. The number of hydrogen-bond donors (Lipinski definition) is 0. The minimum atomic E-state index is -0.575. The molecule has 0 bridgehead atoms. The van der Waals surface area contributed by atoms with E-state index in [1.165, 1.54) is 22.3 Å². The topological polar surface area (TPSA) is 29.0 Å². The molecule has 4 heteroatoms. The molecule has 0 atom stereocenters. The second kappa shape index (κ2) is 11.3. The number of fused-ring (bicyclic) bond motifs is 2. The van der Waals surface area contributed by atoms with Gasteiger partial charge >= 0.3 is 0 Å². The highest BCUT2D eigenvalue weighted by Crippen LogP contribution is 2.57. The number of rotatable bonds is 5. The average molecular weight is 643 g/mol. The number of nitrogens with zero attached hydrogens (tertiary/aromatic N) is 3. The molecule has 1 aliphatic rings. The van der Waals surface area contributed by atoms with Crippen molar-refractivity contribution < 1.29 is 0 Å². The summed E-state index contributed by atoms with van der Waals surface area (Å²) in [4.78, 5) is 12.8. The van der Waals surface area contributed by atoms with E-state index in [-0.39, 0.29) is 0 Å². The first-order valence-electron chi connectivity index (χ1n) is 15.0. The molecule has 0 radical (unpaired) electrons. The molecule has 6 aromatic carbocycles. The first-order valence-corrected chi connectivity index (χ1v) is 15.8. The van der Waals surface area contributed by atoms with Crippen LogP contribution in [0.1, 0.15) is 22.3 Å². The Bertz CT molecular complexity index is 2020. The van der Waals surface area contributed by atoms with Gasteiger partial charge in [0, 0.05) is 15.6 Å². The van der Waals surface area contributed by atoms with E-state index in [1.807, 2.05) is 12.1 Å². The van der Waals surface area contributed by atoms with Crippen molar-refractivity contribution in [1.82, 2.24) is 9.97 Å². The SMILES string of the molecule is Brc1cccc(C2(c3ccccc3)c3ccccc3N(c3nc(-c4ccccc4)cc(-c4ccccc4)n3)c3ccccc32)c1. The Labute approximate surface area is 271 Å². The molecule has 0 fully saturated rings. The molecule has 7 aromatic rings. The van der Waals surface area contributed by atoms with Crippen molar-refractivity contribution in [3.05, 3.63) is 197 Å². The quantitative estimate of drug-likeness (QED) is 0.187. The number of benzene rings is 6. The molecule has 214 valence electrons. The van der Waals surface area contributed by atoms with E-state index in [2.05, 4.69) is 179 Å². The number of hydrogen-bond acceptors (Lipinski definition) is 3. The van der Waals surface area contributed by atoms with Crippen LogP contribution < -0.4 is 4.90 Å². The van der Waals surface area contributed by atoms with E-state index >= 15 is 0 Å². The first-order chi connectivity index (χ1) is 22.2. The lowest BCUT2D eigenvalue weighted by molar-refractivity contribution is 0.728. The Balaban J connectivity index is 1.45. The van der Waals surface area contributed by atoms with Crippen LogP contribution in [-0.2, 0) is 5.41 Å². The van der Waals surface area contributed by atoms with Gasteiger partial charge in [-0.15, -0.1) is 0 Å². The molecule has 0 unspecified atom stereocenters. The third kappa shape index (κ3) is 4.57. The molecular weight excluding hydrogens is 614 g/mol. The lowest BCUT2D eigenvalue weighted by Gasteiger charge is -2.45. The summed E-state index contributed by atoms with van der Waals surface area (Å²) in [6.07, 6.45) is 0. The zero-order valence-electron chi connectivity index (χ0n) is 24.4. The molecule has 1 aromatic heterocycles. The van der Waals surface area contributed by atoms with Crippen LogP contribution in [0.15, 0.2) is 174 Å². The molecule has 0 N–H and O–H groups in total. The van der Waals surface area contributed by atoms with Gasteiger partial charge in [0.2, 0.25) is 5.95 Å². The Hall–Kier alpha value is -5.32. The molecule has 0 spiro atoms. The van der Waals surface area contributed by atoms with E-state index in [9.17, 15) is 0 Å². The van der Waals surface area contributed by atoms with Gasteiger partial charge in [-0.2, -0.15) is 0 Å². The lowest BCUT2D eigenvalue weighted by atomic mass is 9.62. The monoisotopic (exact) mass is 641 g/mol. The number of para-hydroxylation sites is 2. The third-order valence-electron chi connectivity index (χ3n) is 8.62. The number of halogens is 1. The summed E-state index contributed by atoms with van der Waals surface area (Å²) in [7, 11) is 0. The van der Waals surface area contributed by atoms with Crippen molar-refractivity contribution in [3.8, 4) is 22.5 Å². The fourth-order valence-electron chi connectivity index (χ4n) is 6.71. The molecule has 0 saturated heterocycles. The lowest BCUT2D eigenvalue weighted by Crippen LogP contribution is -2.38. The van der Waals surface area contributed by atoms with Gasteiger partial charge in [0.05, 0.1) is 28.2 Å². The highest BCUT2D eigenvalue weighted by molar-refractivity contribution is 9.10. The van der Waals surface area contributed by atoms with Crippen LogP contribution in [-0.4, -0.2) is 9.97 Å². The van der Waals surface area contributed by atoms with Crippen LogP contribution in [0.25, 0.3) is 22.5 Å². The second-order valence-corrected chi connectivity index (χ2v) is 12.1. The zero-order chi connectivity index (χ0) is 30.2. The van der Waals surface area contributed by atoms with E-state index < -0.39 is 5.41 Å². The summed E-state index contributed by atoms with van der Waals surface area (Å²) in [6, 6.07) is 59.7. The molecule has 45 heavy (non-hydrogen) atoms. The Kier molecular flexibility index (Phi) is 6.85. The molecular formula is C41H28BrN3. The van der Waals surface area contributed by atoms with Gasteiger partial charge < -0.3 is 0 Å². The number of aromatic nitrogens is 2. The van der Waals surface area contributed by atoms with Gasteiger partial charge in [0.25, 0.3) is 0 Å². The highest BCUT2D eigenvalue weighted by Gasteiger charge is 2.46. The maximum atomic E-state index is 5.27. The van der Waals surface area contributed by atoms with Crippen molar-refractivity contribution in [3.63, 3.8) is 0 Å². The smallest absolute Gasteiger partial charge is 0.235 e. The van der Waals surface area contributed by atoms with Crippen molar-refractivity contribution in [1.29, 1.82) is 0 Å². The summed E-state index contributed by atoms with van der Waals surface area (Å²) in [6.45, 7) is 0. The largest absolute Gasteiger partial charge is 0.278 e. The maximum absolute atomic E-state index is 5.27. The molecule has 3 nitrogen and oxygen atoms in total. The van der Waals surface area contributed by atoms with E-state index in [0.717, 1.165) is 38.4 Å². The number of anilines is 3. The van der Waals surface area contributed by atoms with Crippen molar-refractivity contribution in [2.45, 2.75) is 5.41 Å². The van der Waals surface area contributed by atoms with Gasteiger partial charge in [-0.05, 0) is 52.6 Å². The first kappa shape index (κ1) is 27.2. The summed E-state index contributed by atoms with van der Waals surface area (Å²) in [5, 5.41) is 0. The molecule has 1 aliphatic heterocycles. The minimum absolute atomic E-state index is 0.575. The van der Waals surface area contributed by atoms with E-state index in [0.29, 0.717) is 5.95 Å². The third-order valence-corrected chi connectivity index (χ3v) is 9.11. The summed E-state index contributed by atoms with van der Waals surface area (Å²) < 4.78 is 1.04. The van der Waals surface area contributed by atoms with Crippen LogP contribution in [0.4, 0.5) is 17.3 Å². The predicted octanol–water partition coefficient (Wildman–Crippen LogP) is 10.7. The van der Waals surface area contributed by atoms with Crippen molar-refractivity contribution >= 4 is 33.3 Å². The summed E-state index contributed by atoms with van der Waals surface area (Å²) in [5.41, 5.74) is 10.1. The van der Waals surface area contributed by atoms with Crippen LogP contribution in [0.5, 0.6) is 0 Å². The molecule has 0 aliphatic carbocycles. The Morgan fingerprint density at radius 1 is 0.444 bits per heavy atom. The normalized spacial score (nSPS) is 13.1. The van der Waals surface area contributed by atoms with Crippen LogP contribution in [0.2, 0.25) is 0 Å². The molecule has 2 heterocycles. The fraction of sp³-hybridized carbons (Fsp3) is 0.0244. The van der Waals surface area contributed by atoms with Gasteiger partial charge in [0.15, 0.2) is 0 Å².